The summed E-state index contributed by atoms with van der Waals surface area (Å²) in [5, 5.41) is 5.99. The van der Waals surface area contributed by atoms with Gasteiger partial charge in [0, 0.05) is 12.1 Å². The second kappa shape index (κ2) is 5.29. The Labute approximate surface area is 109 Å². The second-order valence-electron chi connectivity index (χ2n) is 5.82. The maximum absolute atomic E-state index is 12.2. The molecular weight excluding hydrogens is 228 g/mol. The minimum Gasteiger partial charge on any atom is -0.353 e. The van der Waals surface area contributed by atoms with Crippen LogP contribution >= 0.6 is 0 Å². The molecule has 4 heteroatoms. The van der Waals surface area contributed by atoms with Crippen LogP contribution in [0.25, 0.3) is 0 Å². The van der Waals surface area contributed by atoms with Gasteiger partial charge < -0.3 is 10.6 Å². The van der Waals surface area contributed by atoms with Crippen LogP contribution in [0.15, 0.2) is 0 Å². The molecule has 2 saturated carbocycles. The van der Waals surface area contributed by atoms with Crippen molar-refractivity contribution in [2.75, 3.05) is 0 Å². The van der Waals surface area contributed by atoms with Gasteiger partial charge in [-0.3, -0.25) is 9.59 Å². The van der Waals surface area contributed by atoms with Gasteiger partial charge in [0.25, 0.3) is 0 Å². The molecule has 1 atom stereocenters. The quantitative estimate of drug-likeness (QED) is 0.732. The first-order chi connectivity index (χ1) is 8.58. The maximum atomic E-state index is 12.2. The van der Waals surface area contributed by atoms with Crippen molar-refractivity contribution in [2.45, 2.75) is 70.9 Å². The van der Waals surface area contributed by atoms with Crippen molar-refractivity contribution in [1.82, 2.24) is 10.6 Å². The van der Waals surface area contributed by atoms with Gasteiger partial charge in [0.2, 0.25) is 11.8 Å². The predicted molar refractivity (Wildman–Crippen MR) is 70.0 cm³/mol. The minimum atomic E-state index is -0.744. The molecule has 2 N–H and O–H groups in total. The van der Waals surface area contributed by atoms with E-state index < -0.39 is 5.41 Å². The van der Waals surface area contributed by atoms with Gasteiger partial charge in [-0.1, -0.05) is 19.8 Å². The Morgan fingerprint density at radius 3 is 2.33 bits per heavy atom. The third-order valence-electron chi connectivity index (χ3n) is 4.30. The van der Waals surface area contributed by atoms with E-state index in [2.05, 4.69) is 10.6 Å². The van der Waals surface area contributed by atoms with Gasteiger partial charge in [-0.25, -0.2) is 0 Å². The van der Waals surface area contributed by atoms with Crippen LogP contribution in [0.5, 0.6) is 0 Å². The van der Waals surface area contributed by atoms with E-state index in [0.29, 0.717) is 18.9 Å². The topological polar surface area (TPSA) is 58.2 Å². The van der Waals surface area contributed by atoms with Crippen molar-refractivity contribution in [1.29, 1.82) is 0 Å². The molecule has 0 saturated heterocycles. The van der Waals surface area contributed by atoms with Crippen LogP contribution in [-0.2, 0) is 9.59 Å². The van der Waals surface area contributed by atoms with Crippen LogP contribution in [-0.4, -0.2) is 23.9 Å². The zero-order valence-corrected chi connectivity index (χ0v) is 11.4. The lowest BCUT2D eigenvalue weighted by molar-refractivity contribution is -0.137. The third-order valence-corrected chi connectivity index (χ3v) is 4.30. The number of hydrogen-bond donors (Lipinski definition) is 2. The Morgan fingerprint density at radius 1 is 1.22 bits per heavy atom. The van der Waals surface area contributed by atoms with Crippen LogP contribution in [0.4, 0.5) is 0 Å². The number of carbonyl (C=O) groups excluding carboxylic acids is 2. The summed E-state index contributed by atoms with van der Waals surface area (Å²) in [6, 6.07) is 0.445. The molecule has 2 amide bonds. The lowest BCUT2D eigenvalue weighted by atomic mass is 10.0. The zero-order valence-electron chi connectivity index (χ0n) is 11.4. The third kappa shape index (κ3) is 2.68. The van der Waals surface area contributed by atoms with Crippen molar-refractivity contribution in [3.05, 3.63) is 0 Å². The van der Waals surface area contributed by atoms with Crippen LogP contribution in [0.2, 0.25) is 0 Å². The molecule has 0 bridgehead atoms. The summed E-state index contributed by atoms with van der Waals surface area (Å²) in [5.74, 6) is -0.123. The molecular formula is C14H24N2O2. The maximum Gasteiger partial charge on any atom is 0.235 e. The van der Waals surface area contributed by atoms with Gasteiger partial charge in [0.05, 0.1) is 0 Å². The fraction of sp³-hybridized carbons (Fsp3) is 0.857. The highest BCUT2D eigenvalue weighted by molar-refractivity contribution is 6.08. The molecule has 102 valence electrons. The Bertz CT molecular complexity index is 331. The number of rotatable bonds is 5. The molecule has 0 spiro atoms. The Balaban J connectivity index is 1.89. The summed E-state index contributed by atoms with van der Waals surface area (Å²) >= 11 is 0. The Morgan fingerprint density at radius 2 is 1.83 bits per heavy atom. The second-order valence-corrected chi connectivity index (χ2v) is 5.82. The van der Waals surface area contributed by atoms with E-state index in [1.807, 2.05) is 13.8 Å². The van der Waals surface area contributed by atoms with E-state index in [1.165, 1.54) is 12.8 Å². The van der Waals surface area contributed by atoms with Crippen molar-refractivity contribution in [3.63, 3.8) is 0 Å². The minimum absolute atomic E-state index is 0.0461. The fourth-order valence-corrected chi connectivity index (χ4v) is 2.54. The van der Waals surface area contributed by atoms with Crippen LogP contribution in [0.3, 0.4) is 0 Å². The molecule has 2 aliphatic rings. The molecule has 2 rings (SSSR count). The summed E-state index contributed by atoms with van der Waals surface area (Å²) in [6.07, 6.45) is 6.81. The molecule has 2 fully saturated rings. The summed E-state index contributed by atoms with van der Waals surface area (Å²) in [6.45, 7) is 4.01. The first-order valence-electron chi connectivity index (χ1n) is 7.20. The largest absolute Gasteiger partial charge is 0.353 e. The summed E-state index contributed by atoms with van der Waals surface area (Å²) in [5.41, 5.74) is -0.744. The van der Waals surface area contributed by atoms with Crippen molar-refractivity contribution in [2.24, 2.45) is 5.41 Å². The molecule has 0 aromatic rings. The zero-order chi connectivity index (χ0) is 13.2. The molecule has 2 aliphatic carbocycles. The molecule has 0 aliphatic heterocycles. The van der Waals surface area contributed by atoms with Gasteiger partial charge in [0.15, 0.2) is 0 Å². The van der Waals surface area contributed by atoms with Crippen LogP contribution < -0.4 is 10.6 Å². The smallest absolute Gasteiger partial charge is 0.235 e. The van der Waals surface area contributed by atoms with Gasteiger partial charge in [-0.05, 0) is 39.0 Å². The summed E-state index contributed by atoms with van der Waals surface area (Å²) in [7, 11) is 0. The molecule has 4 nitrogen and oxygen atoms in total. The van der Waals surface area contributed by atoms with E-state index in [0.717, 1.165) is 19.3 Å². The SMILES string of the molecule is CCC(C)NC(=O)C1(C(=O)NC2CCCC2)CC1. The normalized spacial score (nSPS) is 23.4. The number of carbonyl (C=O) groups is 2. The van der Waals surface area contributed by atoms with Gasteiger partial charge in [0.1, 0.15) is 5.41 Å². The van der Waals surface area contributed by atoms with Crippen LogP contribution in [0.1, 0.15) is 58.8 Å². The van der Waals surface area contributed by atoms with Crippen LogP contribution in [0, 0.1) is 5.41 Å². The lowest BCUT2D eigenvalue weighted by Gasteiger charge is -2.20. The monoisotopic (exact) mass is 252 g/mol. The molecule has 1 unspecified atom stereocenters. The van der Waals surface area contributed by atoms with E-state index in [1.54, 1.807) is 0 Å². The van der Waals surface area contributed by atoms with E-state index >= 15 is 0 Å². The molecule has 18 heavy (non-hydrogen) atoms. The molecule has 0 aromatic heterocycles. The standard InChI is InChI=1S/C14H24N2O2/c1-3-10(2)15-12(17)14(8-9-14)13(18)16-11-6-4-5-7-11/h10-11H,3-9H2,1-2H3,(H,15,17)(H,16,18). The summed E-state index contributed by atoms with van der Waals surface area (Å²) < 4.78 is 0. The highest BCUT2D eigenvalue weighted by atomic mass is 16.2. The average Bonchev–Trinajstić information content (AvgIpc) is 3.03. The predicted octanol–water partition coefficient (Wildman–Crippen LogP) is 1.74. The first kappa shape index (κ1) is 13.4. The number of amides is 2. The van der Waals surface area contributed by atoms with Crippen molar-refractivity contribution in [3.8, 4) is 0 Å². The molecule has 0 aromatic carbocycles. The van der Waals surface area contributed by atoms with E-state index in [4.69, 9.17) is 0 Å². The van der Waals surface area contributed by atoms with Gasteiger partial charge >= 0.3 is 0 Å². The van der Waals surface area contributed by atoms with Gasteiger partial charge in [-0.15, -0.1) is 0 Å². The Kier molecular flexibility index (Phi) is 3.93. The first-order valence-corrected chi connectivity index (χ1v) is 7.20. The van der Waals surface area contributed by atoms with E-state index in [-0.39, 0.29) is 17.9 Å². The molecule has 0 radical (unpaired) electrons. The highest BCUT2D eigenvalue weighted by Gasteiger charge is 2.56. The lowest BCUT2D eigenvalue weighted by Crippen LogP contribution is -2.47. The number of nitrogens with one attached hydrogen (secondary N) is 2. The Hall–Kier alpha value is -1.06. The average molecular weight is 252 g/mol. The molecule has 0 heterocycles. The van der Waals surface area contributed by atoms with Gasteiger partial charge in [-0.2, -0.15) is 0 Å². The van der Waals surface area contributed by atoms with Crippen molar-refractivity contribution < 1.29 is 9.59 Å². The fourth-order valence-electron chi connectivity index (χ4n) is 2.54. The van der Waals surface area contributed by atoms with Crippen molar-refractivity contribution >= 4 is 11.8 Å². The highest BCUT2D eigenvalue weighted by Crippen LogP contribution is 2.46. The summed E-state index contributed by atoms with van der Waals surface area (Å²) in [4.78, 5) is 24.4. The van der Waals surface area contributed by atoms with E-state index in [9.17, 15) is 9.59 Å². The number of hydrogen-bond acceptors (Lipinski definition) is 2.